The topological polar surface area (TPSA) is 139 Å². The van der Waals surface area contributed by atoms with E-state index in [-0.39, 0.29) is 5.69 Å². The van der Waals surface area contributed by atoms with Crippen molar-refractivity contribution in [2.75, 3.05) is 14.2 Å². The van der Waals surface area contributed by atoms with E-state index in [0.29, 0.717) is 60.6 Å². The van der Waals surface area contributed by atoms with Gasteiger partial charge < -0.3 is 14.5 Å². The summed E-state index contributed by atoms with van der Waals surface area (Å²) in [5, 5.41) is 5.64. The average Bonchev–Trinajstić information content (AvgIpc) is 3.11. The molecule has 0 saturated carbocycles. The number of barbiturate groups is 1. The molecule has 1 spiro atoms. The molecule has 2 heterocycles. The van der Waals surface area contributed by atoms with Gasteiger partial charge in [-0.3, -0.25) is 20.2 Å². The molecule has 2 aliphatic rings. The number of fused-ring (bicyclic) bond motifs is 1. The highest BCUT2D eigenvalue weighted by Crippen LogP contribution is 2.62. The summed E-state index contributed by atoms with van der Waals surface area (Å²) in [5.74, 6) is -2.67. The normalized spacial score (nSPS) is 18.7. The van der Waals surface area contributed by atoms with Crippen molar-refractivity contribution in [2.45, 2.75) is 11.8 Å². The molecule has 50 heavy (non-hydrogen) atoms. The summed E-state index contributed by atoms with van der Waals surface area (Å²) < 4.78 is 10.7. The molecule has 12 heteroatoms. The van der Waals surface area contributed by atoms with Gasteiger partial charge in [0.05, 0.1) is 25.6 Å². The Balaban J connectivity index is 1.67. The van der Waals surface area contributed by atoms with Crippen LogP contribution in [0, 0.1) is 5.41 Å². The molecular formula is C38H28Cl2N4O6. The zero-order valence-corrected chi connectivity index (χ0v) is 28.1. The molecule has 4 aromatic carbocycles. The molecule has 2 unspecified atom stereocenters. The van der Waals surface area contributed by atoms with Crippen LogP contribution in [0.15, 0.2) is 102 Å². The molecule has 1 aromatic heterocycles. The van der Waals surface area contributed by atoms with Crippen molar-refractivity contribution in [2.24, 2.45) is 5.41 Å². The fourth-order valence-corrected chi connectivity index (χ4v) is 7.28. The van der Waals surface area contributed by atoms with Crippen LogP contribution in [0.2, 0.25) is 10.0 Å². The van der Waals surface area contributed by atoms with E-state index in [1.54, 1.807) is 105 Å². The molecule has 1 fully saturated rings. The van der Waals surface area contributed by atoms with Crippen molar-refractivity contribution in [3.63, 3.8) is 0 Å². The van der Waals surface area contributed by atoms with E-state index in [0.717, 1.165) is 0 Å². The number of benzene rings is 4. The summed E-state index contributed by atoms with van der Waals surface area (Å²) in [5.41, 5.74) is 0.940. The predicted octanol–water partition coefficient (Wildman–Crippen LogP) is 6.58. The Labute approximate surface area is 296 Å². The van der Waals surface area contributed by atoms with Crippen molar-refractivity contribution in [1.82, 2.24) is 20.6 Å². The number of allylic oxidation sites excluding steroid dienone is 1. The lowest BCUT2D eigenvalue weighted by atomic mass is 9.52. The monoisotopic (exact) mass is 706 g/mol. The van der Waals surface area contributed by atoms with Crippen LogP contribution >= 0.6 is 23.2 Å². The number of rotatable bonds is 6. The highest BCUT2D eigenvalue weighted by atomic mass is 35.5. The second-order valence-electron chi connectivity index (χ2n) is 11.9. The lowest BCUT2D eigenvalue weighted by molar-refractivity contribution is -0.146. The number of carbonyl (C=O) groups excluding carboxylic acids is 3. The maximum atomic E-state index is 14.8. The first-order valence-corrected chi connectivity index (χ1v) is 16.2. The third kappa shape index (κ3) is 5.52. The second-order valence-corrected chi connectivity index (χ2v) is 12.7. The van der Waals surface area contributed by atoms with Crippen molar-refractivity contribution in [3.8, 4) is 22.8 Å². The third-order valence-corrected chi connectivity index (χ3v) is 9.69. The number of nitrogens with zero attached hydrogens (tertiary/aromatic N) is 1. The number of hydrogen-bond donors (Lipinski definition) is 3. The highest BCUT2D eigenvalue weighted by Gasteiger charge is 2.65. The molecule has 0 radical (unpaired) electrons. The summed E-state index contributed by atoms with van der Waals surface area (Å²) in [6.07, 6.45) is 1.79. The fraction of sp³-hybridized carbons (Fsp3) is 0.132. The van der Waals surface area contributed by atoms with Crippen molar-refractivity contribution < 1.29 is 23.9 Å². The molecule has 1 aliphatic heterocycles. The molecule has 5 aromatic rings. The van der Waals surface area contributed by atoms with Crippen LogP contribution in [0.4, 0.5) is 4.79 Å². The van der Waals surface area contributed by atoms with E-state index in [2.05, 4.69) is 20.6 Å². The van der Waals surface area contributed by atoms with E-state index >= 15 is 0 Å². The van der Waals surface area contributed by atoms with Gasteiger partial charge in [0.1, 0.15) is 11.5 Å². The van der Waals surface area contributed by atoms with Gasteiger partial charge in [-0.05, 0) is 94.6 Å². The van der Waals surface area contributed by atoms with Gasteiger partial charge in [0, 0.05) is 27.4 Å². The van der Waals surface area contributed by atoms with Crippen LogP contribution < -0.4 is 25.8 Å². The van der Waals surface area contributed by atoms with Crippen LogP contribution in [-0.2, 0) is 9.59 Å². The average molecular weight is 708 g/mol. The fourth-order valence-electron chi connectivity index (χ4n) is 7.03. The Hall–Kier alpha value is -5.71. The Kier molecular flexibility index (Phi) is 8.51. The molecule has 1 aliphatic carbocycles. The van der Waals surface area contributed by atoms with Gasteiger partial charge >= 0.3 is 11.7 Å². The molecule has 7 rings (SSSR count). The second kappa shape index (κ2) is 13.0. The minimum Gasteiger partial charge on any atom is -0.497 e. The number of nitrogens with one attached hydrogen (secondary N) is 3. The number of H-pyrrole nitrogens is 1. The first-order chi connectivity index (χ1) is 24.1. The Morgan fingerprint density at radius 3 is 1.70 bits per heavy atom. The van der Waals surface area contributed by atoms with Crippen LogP contribution in [0.5, 0.6) is 11.5 Å². The van der Waals surface area contributed by atoms with Gasteiger partial charge in [0.2, 0.25) is 11.8 Å². The number of imide groups is 2. The summed E-state index contributed by atoms with van der Waals surface area (Å²) in [6.45, 7) is 0. The lowest BCUT2D eigenvalue weighted by Gasteiger charge is -2.50. The molecule has 4 amide bonds. The van der Waals surface area contributed by atoms with Gasteiger partial charge in [-0.15, -0.1) is 0 Å². The molecule has 250 valence electrons. The summed E-state index contributed by atoms with van der Waals surface area (Å²) >= 11 is 12.7. The van der Waals surface area contributed by atoms with Crippen LogP contribution in [0.1, 0.15) is 39.8 Å². The maximum absolute atomic E-state index is 14.8. The number of ether oxygens (including phenoxy) is 2. The van der Waals surface area contributed by atoms with Gasteiger partial charge in [-0.25, -0.2) is 9.59 Å². The Bertz CT molecular complexity index is 2210. The largest absolute Gasteiger partial charge is 0.497 e. The standard InChI is InChI=1S/C38H28Cl2N4O6/c1-49-26-15-3-20(4-16-26)19-28-30(21-5-11-24(39)12-6-21)38(34(45)43-37(48)44-35(38)46)31(22-7-13-25(40)14-8-22)29-32(41-36(47)42-33(28)29)23-9-17-27(50-2)18-10-23/h3-19,30-31H,1-2H3,(H,41,42,47)(H2,43,44,45,46,48)/b28-19-. The van der Waals surface area contributed by atoms with Crippen molar-refractivity contribution in [3.05, 3.63) is 146 Å². The number of hydrogen-bond acceptors (Lipinski definition) is 7. The highest BCUT2D eigenvalue weighted by molar-refractivity contribution is 6.31. The van der Waals surface area contributed by atoms with E-state index in [1.807, 2.05) is 12.1 Å². The summed E-state index contributed by atoms with van der Waals surface area (Å²) in [6, 6.07) is 26.7. The number of urea groups is 1. The van der Waals surface area contributed by atoms with Crippen molar-refractivity contribution >= 4 is 52.7 Å². The number of aromatic nitrogens is 2. The number of methoxy groups -OCH3 is 2. The minimum absolute atomic E-state index is 0.262. The maximum Gasteiger partial charge on any atom is 0.345 e. The number of amides is 4. The summed E-state index contributed by atoms with van der Waals surface area (Å²) in [7, 11) is 3.10. The number of aromatic amines is 1. The first kappa shape index (κ1) is 32.8. The van der Waals surface area contributed by atoms with E-state index in [4.69, 9.17) is 32.7 Å². The smallest absolute Gasteiger partial charge is 0.345 e. The molecular weight excluding hydrogens is 679 g/mol. The molecule has 1 saturated heterocycles. The van der Waals surface area contributed by atoms with Crippen LogP contribution in [0.3, 0.4) is 0 Å². The third-order valence-electron chi connectivity index (χ3n) is 9.18. The quantitative estimate of drug-likeness (QED) is 0.170. The zero-order valence-electron chi connectivity index (χ0n) is 26.6. The molecule has 10 nitrogen and oxygen atoms in total. The molecule has 3 N–H and O–H groups in total. The lowest BCUT2D eigenvalue weighted by Crippen LogP contribution is -2.67. The molecule has 0 bridgehead atoms. The van der Waals surface area contributed by atoms with E-state index in [1.165, 1.54) is 0 Å². The Morgan fingerprint density at radius 1 is 0.680 bits per heavy atom. The van der Waals surface area contributed by atoms with Crippen molar-refractivity contribution in [1.29, 1.82) is 0 Å². The van der Waals surface area contributed by atoms with Gasteiger partial charge in [-0.2, -0.15) is 4.98 Å². The number of halogens is 2. The van der Waals surface area contributed by atoms with Crippen LogP contribution in [-0.4, -0.2) is 42.0 Å². The van der Waals surface area contributed by atoms with E-state index < -0.39 is 40.8 Å². The van der Waals surface area contributed by atoms with Gasteiger partial charge in [0.25, 0.3) is 0 Å². The van der Waals surface area contributed by atoms with E-state index in [9.17, 15) is 19.2 Å². The minimum atomic E-state index is -2.05. The molecule has 2 atom stereocenters. The van der Waals surface area contributed by atoms with Gasteiger partial charge in [-0.1, -0.05) is 59.6 Å². The predicted molar refractivity (Wildman–Crippen MR) is 189 cm³/mol. The Morgan fingerprint density at radius 2 is 1.18 bits per heavy atom. The van der Waals surface area contributed by atoms with Gasteiger partial charge in [0.15, 0.2) is 5.41 Å². The first-order valence-electron chi connectivity index (χ1n) is 15.5. The SMILES string of the molecule is COc1ccc(/C=C2\c3nc(=O)[nH]c(-c4ccc(OC)cc4)c3C(c3ccc(Cl)cc3)C3(C(=O)NC(=O)NC3=O)C2c2ccc(Cl)cc2)cc1. The number of carbonyl (C=O) groups is 3. The van der Waals surface area contributed by atoms with Crippen LogP contribution in [0.25, 0.3) is 22.9 Å². The summed E-state index contributed by atoms with van der Waals surface area (Å²) in [4.78, 5) is 63.4. The zero-order chi connectivity index (χ0) is 35.2.